The van der Waals surface area contributed by atoms with Gasteiger partial charge in [-0.05, 0) is 37.8 Å². The molecule has 1 aliphatic heterocycles. The van der Waals surface area contributed by atoms with E-state index in [9.17, 15) is 14.7 Å². The molecule has 10 heteroatoms. The molecular weight excluding hydrogens is 446 g/mol. The molecule has 156 valence electrons. The highest BCUT2D eigenvalue weighted by molar-refractivity contribution is 8.00. The number of furan rings is 1. The summed E-state index contributed by atoms with van der Waals surface area (Å²) < 4.78 is 6.13. The number of nitrogens with zero attached hydrogens (tertiary/aromatic N) is 3. The zero-order chi connectivity index (χ0) is 20.7. The largest absolute Gasteiger partial charge is 0.503 e. The summed E-state index contributed by atoms with van der Waals surface area (Å²) in [5.74, 6) is -1.19. The fraction of sp³-hybridized carbons (Fsp3) is 0.200. The summed E-state index contributed by atoms with van der Waals surface area (Å²) in [5, 5.41) is 19.1. The van der Waals surface area contributed by atoms with E-state index in [0.717, 1.165) is 5.56 Å². The van der Waals surface area contributed by atoms with Gasteiger partial charge < -0.3 is 9.52 Å². The van der Waals surface area contributed by atoms with Crippen molar-refractivity contribution in [3.8, 4) is 0 Å². The van der Waals surface area contributed by atoms with E-state index < -0.39 is 23.5 Å². The highest BCUT2D eigenvalue weighted by Crippen LogP contribution is 2.43. The summed E-state index contributed by atoms with van der Waals surface area (Å²) in [4.78, 5) is 27.5. The molecule has 1 N–H and O–H groups in total. The molecule has 4 rings (SSSR count). The van der Waals surface area contributed by atoms with Gasteiger partial charge in [0.05, 0.1) is 11.6 Å². The van der Waals surface area contributed by atoms with E-state index >= 15 is 0 Å². The number of aryl methyl sites for hydroxylation is 2. The molecule has 0 saturated heterocycles. The summed E-state index contributed by atoms with van der Waals surface area (Å²) in [6, 6.07) is 9.80. The summed E-state index contributed by atoms with van der Waals surface area (Å²) in [7, 11) is 0. The van der Waals surface area contributed by atoms with Crippen LogP contribution in [0.2, 0.25) is 0 Å². The van der Waals surface area contributed by atoms with E-state index in [1.165, 1.54) is 34.1 Å². The summed E-state index contributed by atoms with van der Waals surface area (Å²) in [6.45, 7) is 3.67. The maximum absolute atomic E-state index is 13.2. The third-order valence-electron chi connectivity index (χ3n) is 4.59. The Kier molecular flexibility index (Phi) is 6.35. The SMILES string of the molecule is CSc1nnc(N2C(=O)C(O)=C(C(=O)c3ccc(C)o3)C2c2ccc(C)cc2)s1.Cl. The molecule has 0 aliphatic carbocycles. The third kappa shape index (κ3) is 3.76. The maximum Gasteiger partial charge on any atom is 0.296 e. The molecule has 7 nitrogen and oxygen atoms in total. The van der Waals surface area contributed by atoms with Crippen molar-refractivity contribution >= 4 is 52.3 Å². The number of halogens is 1. The molecule has 3 aromatic rings. The molecule has 1 unspecified atom stereocenters. The molecule has 0 spiro atoms. The zero-order valence-corrected chi connectivity index (χ0v) is 18.7. The van der Waals surface area contributed by atoms with Crippen LogP contribution >= 0.6 is 35.5 Å². The Bertz CT molecular complexity index is 1140. The molecule has 2 aromatic heterocycles. The highest BCUT2D eigenvalue weighted by atomic mass is 35.5. The lowest BCUT2D eigenvalue weighted by atomic mass is 9.95. The second-order valence-corrected chi connectivity index (χ2v) is 8.55. The third-order valence-corrected chi connectivity index (χ3v) is 6.48. The first-order valence-corrected chi connectivity index (χ1v) is 10.8. The molecule has 0 fully saturated rings. The van der Waals surface area contributed by atoms with Crippen LogP contribution in [0.25, 0.3) is 0 Å². The molecule has 3 heterocycles. The minimum Gasteiger partial charge on any atom is -0.503 e. The highest BCUT2D eigenvalue weighted by Gasteiger charge is 2.46. The number of carbonyl (C=O) groups excluding carboxylic acids is 2. The lowest BCUT2D eigenvalue weighted by Crippen LogP contribution is -2.31. The van der Waals surface area contributed by atoms with Crippen molar-refractivity contribution in [3.63, 3.8) is 0 Å². The molecule has 1 aliphatic rings. The van der Waals surface area contributed by atoms with Crippen LogP contribution in [0, 0.1) is 13.8 Å². The number of amides is 1. The number of thioether (sulfide) groups is 1. The second kappa shape index (κ2) is 8.63. The number of hydrogen-bond donors (Lipinski definition) is 1. The van der Waals surface area contributed by atoms with Gasteiger partial charge in [0, 0.05) is 0 Å². The lowest BCUT2D eigenvalue weighted by Gasteiger charge is -2.23. The van der Waals surface area contributed by atoms with Crippen molar-refractivity contribution in [1.82, 2.24) is 10.2 Å². The Morgan fingerprint density at radius 3 is 2.43 bits per heavy atom. The number of anilines is 1. The first-order valence-electron chi connectivity index (χ1n) is 8.72. The minimum absolute atomic E-state index is 0. The first-order chi connectivity index (χ1) is 13.9. The first kappa shape index (κ1) is 22.1. The fourth-order valence-corrected chi connectivity index (χ4v) is 4.46. The van der Waals surface area contributed by atoms with Crippen LogP contribution in [0.5, 0.6) is 0 Å². The van der Waals surface area contributed by atoms with E-state index in [0.29, 0.717) is 20.8 Å². The number of hydrogen-bond acceptors (Lipinski definition) is 8. The normalized spacial score (nSPS) is 16.2. The maximum atomic E-state index is 13.2. The van der Waals surface area contributed by atoms with Gasteiger partial charge in [-0.1, -0.05) is 52.9 Å². The van der Waals surface area contributed by atoms with Gasteiger partial charge in [-0.2, -0.15) is 0 Å². The van der Waals surface area contributed by atoms with Crippen LogP contribution in [-0.2, 0) is 4.79 Å². The van der Waals surface area contributed by atoms with Crippen LogP contribution in [0.1, 0.15) is 33.5 Å². The number of aliphatic hydroxyl groups excluding tert-OH is 1. The van der Waals surface area contributed by atoms with Crippen LogP contribution in [0.15, 0.2) is 56.5 Å². The summed E-state index contributed by atoms with van der Waals surface area (Å²) in [6.07, 6.45) is 1.86. The van der Waals surface area contributed by atoms with Gasteiger partial charge in [-0.15, -0.1) is 22.6 Å². The van der Waals surface area contributed by atoms with Gasteiger partial charge in [0.1, 0.15) is 5.76 Å². The van der Waals surface area contributed by atoms with E-state index in [2.05, 4.69) is 10.2 Å². The number of carbonyl (C=O) groups is 2. The van der Waals surface area contributed by atoms with Crippen molar-refractivity contribution in [2.45, 2.75) is 24.2 Å². The van der Waals surface area contributed by atoms with Gasteiger partial charge in [-0.25, -0.2) is 0 Å². The van der Waals surface area contributed by atoms with E-state index in [1.807, 2.05) is 37.4 Å². The molecule has 0 bridgehead atoms. The van der Waals surface area contributed by atoms with Crippen LogP contribution in [-0.4, -0.2) is 33.3 Å². The van der Waals surface area contributed by atoms with Gasteiger partial charge >= 0.3 is 0 Å². The average Bonchev–Trinajstić information content (AvgIpc) is 3.41. The fourth-order valence-electron chi connectivity index (χ4n) is 3.17. The van der Waals surface area contributed by atoms with Crippen LogP contribution in [0.3, 0.4) is 0 Å². The monoisotopic (exact) mass is 463 g/mol. The molecule has 0 saturated carbocycles. The lowest BCUT2D eigenvalue weighted by molar-refractivity contribution is -0.117. The standard InChI is InChI=1S/C20H17N3O4S2.ClH/c1-10-4-7-12(8-5-10)15-14(16(24)13-9-6-11(2)27-13)17(25)18(26)23(15)19-21-22-20(28-3)29-19;/h4-9,15,25H,1-3H3;1H. The predicted octanol–water partition coefficient (Wildman–Crippen LogP) is 4.67. The smallest absolute Gasteiger partial charge is 0.296 e. The van der Waals surface area contributed by atoms with E-state index in [4.69, 9.17) is 4.42 Å². The van der Waals surface area contributed by atoms with Gasteiger partial charge in [-0.3, -0.25) is 14.5 Å². The Labute approximate surface area is 187 Å². The van der Waals surface area contributed by atoms with Crippen LogP contribution < -0.4 is 4.90 Å². The predicted molar refractivity (Wildman–Crippen MR) is 118 cm³/mol. The quantitative estimate of drug-likeness (QED) is 0.333. The molecule has 1 amide bonds. The summed E-state index contributed by atoms with van der Waals surface area (Å²) >= 11 is 2.63. The van der Waals surface area contributed by atoms with Gasteiger partial charge in [0.25, 0.3) is 5.91 Å². The Morgan fingerprint density at radius 1 is 1.17 bits per heavy atom. The number of aromatic nitrogens is 2. The average molecular weight is 464 g/mol. The minimum atomic E-state index is -0.830. The number of aliphatic hydroxyl groups is 1. The molecule has 1 aromatic carbocycles. The van der Waals surface area contributed by atoms with Gasteiger partial charge in [0.15, 0.2) is 15.9 Å². The van der Waals surface area contributed by atoms with Crippen molar-refractivity contribution in [3.05, 3.63) is 70.4 Å². The van der Waals surface area contributed by atoms with Gasteiger partial charge in [0.2, 0.25) is 10.9 Å². The molecule has 30 heavy (non-hydrogen) atoms. The second-order valence-electron chi connectivity index (χ2n) is 6.54. The molecule has 0 radical (unpaired) electrons. The number of benzene rings is 1. The van der Waals surface area contributed by atoms with Crippen LogP contribution in [0.4, 0.5) is 5.13 Å². The number of Topliss-reactive ketones (excluding diaryl/α,β-unsaturated/α-hetero) is 1. The van der Waals surface area contributed by atoms with Crippen molar-refractivity contribution in [2.75, 3.05) is 11.2 Å². The van der Waals surface area contributed by atoms with Crippen molar-refractivity contribution < 1.29 is 19.1 Å². The Hall–Kier alpha value is -2.62. The molecule has 1 atom stereocenters. The van der Waals surface area contributed by atoms with Crippen molar-refractivity contribution in [2.24, 2.45) is 0 Å². The number of ketones is 1. The number of rotatable bonds is 5. The zero-order valence-electron chi connectivity index (χ0n) is 16.3. The summed E-state index contributed by atoms with van der Waals surface area (Å²) in [5.41, 5.74) is 1.68. The Morgan fingerprint density at radius 2 is 1.87 bits per heavy atom. The molecular formula is C20H18ClN3O4S2. The van der Waals surface area contributed by atoms with Crippen molar-refractivity contribution in [1.29, 1.82) is 0 Å². The van der Waals surface area contributed by atoms with E-state index in [1.54, 1.807) is 13.0 Å². The van der Waals surface area contributed by atoms with E-state index in [-0.39, 0.29) is 23.7 Å². The Balaban J connectivity index is 0.00000256. The topological polar surface area (TPSA) is 96.5 Å².